The van der Waals surface area contributed by atoms with E-state index >= 15 is 0 Å². The van der Waals surface area contributed by atoms with Gasteiger partial charge in [0.05, 0.1) is 23.9 Å². The molecule has 2 N–H and O–H groups in total. The van der Waals surface area contributed by atoms with E-state index in [0.29, 0.717) is 17.9 Å². The van der Waals surface area contributed by atoms with Crippen molar-refractivity contribution < 1.29 is 4.79 Å². The summed E-state index contributed by atoms with van der Waals surface area (Å²) in [5.41, 5.74) is 6.35. The first kappa shape index (κ1) is 12.0. The Morgan fingerprint density at radius 1 is 1.81 bits per heavy atom. The molecule has 1 rings (SSSR count). The highest BCUT2D eigenvalue weighted by atomic mass is 16.2. The van der Waals surface area contributed by atoms with Gasteiger partial charge in [-0.15, -0.1) is 0 Å². The normalized spacial score (nSPS) is 11.9. The van der Waals surface area contributed by atoms with Crippen molar-refractivity contribution >= 4 is 11.6 Å². The summed E-state index contributed by atoms with van der Waals surface area (Å²) in [6.45, 7) is 2.14. The fourth-order valence-electron chi connectivity index (χ4n) is 1.43. The highest BCUT2D eigenvalue weighted by molar-refractivity contribution is 5.97. The zero-order valence-corrected chi connectivity index (χ0v) is 9.64. The minimum absolute atomic E-state index is 0.205. The number of nitrogens with zero attached hydrogens (tertiary/aromatic N) is 4. The molecule has 0 fully saturated rings. The van der Waals surface area contributed by atoms with Crippen LogP contribution in [0.15, 0.2) is 6.20 Å². The van der Waals surface area contributed by atoms with Crippen LogP contribution in [0.1, 0.15) is 17.4 Å². The van der Waals surface area contributed by atoms with E-state index in [0.717, 1.165) is 0 Å². The summed E-state index contributed by atoms with van der Waals surface area (Å²) in [5.74, 6) is -0.428. The highest BCUT2D eigenvalue weighted by Gasteiger charge is 2.20. The van der Waals surface area contributed by atoms with Crippen molar-refractivity contribution in [1.82, 2.24) is 14.7 Å². The molecule has 16 heavy (non-hydrogen) atoms. The number of nitriles is 1. The number of anilines is 1. The fourth-order valence-corrected chi connectivity index (χ4v) is 1.43. The number of aromatic nitrogens is 2. The van der Waals surface area contributed by atoms with Gasteiger partial charge in [-0.2, -0.15) is 10.4 Å². The Balaban J connectivity index is 2.83. The third-order valence-corrected chi connectivity index (χ3v) is 2.28. The van der Waals surface area contributed by atoms with Crippen LogP contribution in [-0.2, 0) is 7.05 Å². The lowest BCUT2D eigenvalue weighted by Crippen LogP contribution is -2.32. The van der Waals surface area contributed by atoms with Gasteiger partial charge >= 0.3 is 0 Å². The molecule has 0 aromatic carbocycles. The molecular weight excluding hydrogens is 206 g/mol. The van der Waals surface area contributed by atoms with Gasteiger partial charge in [0.15, 0.2) is 0 Å². The quantitative estimate of drug-likeness (QED) is 0.791. The van der Waals surface area contributed by atoms with Crippen molar-refractivity contribution in [2.45, 2.75) is 6.92 Å². The molecule has 0 bridgehead atoms. The molecule has 0 saturated carbocycles. The van der Waals surface area contributed by atoms with Crippen LogP contribution in [0.3, 0.4) is 0 Å². The Morgan fingerprint density at radius 2 is 2.44 bits per heavy atom. The van der Waals surface area contributed by atoms with Gasteiger partial charge in [0.1, 0.15) is 5.69 Å². The molecule has 1 heterocycles. The van der Waals surface area contributed by atoms with Gasteiger partial charge in [-0.05, 0) is 6.92 Å². The van der Waals surface area contributed by atoms with E-state index < -0.39 is 0 Å². The molecule has 0 aliphatic rings. The number of amides is 1. The smallest absolute Gasteiger partial charge is 0.274 e. The van der Waals surface area contributed by atoms with Crippen molar-refractivity contribution in [2.75, 3.05) is 19.3 Å². The first-order chi connectivity index (χ1) is 7.47. The molecule has 6 nitrogen and oxygen atoms in total. The van der Waals surface area contributed by atoms with Crippen LogP contribution in [-0.4, -0.2) is 34.2 Å². The van der Waals surface area contributed by atoms with Gasteiger partial charge in [0.2, 0.25) is 0 Å². The number of rotatable bonds is 3. The van der Waals surface area contributed by atoms with Gasteiger partial charge in [0.25, 0.3) is 5.91 Å². The van der Waals surface area contributed by atoms with E-state index in [1.807, 2.05) is 0 Å². The molecule has 86 valence electrons. The number of carbonyl (C=O) groups is 1. The van der Waals surface area contributed by atoms with Crippen LogP contribution in [0.5, 0.6) is 0 Å². The van der Waals surface area contributed by atoms with Crippen LogP contribution in [0.4, 0.5) is 5.69 Å². The number of nitrogens with two attached hydrogens (primary N) is 1. The topological polar surface area (TPSA) is 87.9 Å². The Labute approximate surface area is 94.2 Å². The van der Waals surface area contributed by atoms with Crippen LogP contribution in [0.25, 0.3) is 0 Å². The average Bonchev–Trinajstić information content (AvgIpc) is 2.57. The molecule has 1 aromatic rings. The number of hydrogen-bond donors (Lipinski definition) is 1. The molecule has 0 radical (unpaired) electrons. The zero-order chi connectivity index (χ0) is 12.3. The summed E-state index contributed by atoms with van der Waals surface area (Å²) in [5, 5.41) is 12.6. The van der Waals surface area contributed by atoms with Gasteiger partial charge in [-0.1, -0.05) is 0 Å². The van der Waals surface area contributed by atoms with Crippen LogP contribution < -0.4 is 5.73 Å². The second-order valence-corrected chi connectivity index (χ2v) is 3.79. The van der Waals surface area contributed by atoms with Gasteiger partial charge in [-0.25, -0.2) is 0 Å². The third-order valence-electron chi connectivity index (χ3n) is 2.28. The molecule has 0 aliphatic carbocycles. The maximum Gasteiger partial charge on any atom is 0.274 e. The summed E-state index contributed by atoms with van der Waals surface area (Å²) in [7, 11) is 3.30. The van der Waals surface area contributed by atoms with E-state index in [4.69, 9.17) is 11.0 Å². The number of carbonyl (C=O) groups excluding carboxylic acids is 1. The molecule has 1 amide bonds. The summed E-state index contributed by atoms with van der Waals surface area (Å²) in [4.78, 5) is 13.4. The molecule has 0 spiro atoms. The predicted octanol–water partition coefficient (Wildman–Crippen LogP) is 0.234. The Morgan fingerprint density at radius 3 is 2.88 bits per heavy atom. The number of aryl methyl sites for hydroxylation is 1. The first-order valence-corrected chi connectivity index (χ1v) is 4.90. The SMILES string of the molecule is CC(C#N)CN(C)C(=O)c1c(N)cnn1C. The molecule has 6 heteroatoms. The summed E-state index contributed by atoms with van der Waals surface area (Å²) in [6.07, 6.45) is 1.44. The second kappa shape index (κ2) is 4.66. The van der Waals surface area contributed by atoms with E-state index in [1.165, 1.54) is 15.8 Å². The van der Waals surface area contributed by atoms with Gasteiger partial charge < -0.3 is 10.6 Å². The summed E-state index contributed by atoms with van der Waals surface area (Å²) in [6, 6.07) is 2.08. The lowest BCUT2D eigenvalue weighted by atomic mass is 10.2. The van der Waals surface area contributed by atoms with E-state index in [2.05, 4.69) is 11.2 Å². The Kier molecular flexibility index (Phi) is 3.51. The minimum Gasteiger partial charge on any atom is -0.396 e. The van der Waals surface area contributed by atoms with Crippen molar-refractivity contribution in [3.63, 3.8) is 0 Å². The molecule has 1 unspecified atom stereocenters. The largest absolute Gasteiger partial charge is 0.396 e. The maximum atomic E-state index is 12.0. The molecule has 1 atom stereocenters. The Bertz CT molecular complexity index is 411. The maximum absolute atomic E-state index is 12.0. The van der Waals surface area contributed by atoms with Crippen LogP contribution in [0, 0.1) is 17.2 Å². The first-order valence-electron chi connectivity index (χ1n) is 4.90. The van der Waals surface area contributed by atoms with Crippen LogP contribution >= 0.6 is 0 Å². The van der Waals surface area contributed by atoms with E-state index in [1.54, 1.807) is 21.0 Å². The van der Waals surface area contributed by atoms with Gasteiger partial charge in [0, 0.05) is 20.6 Å². The number of nitrogen functional groups attached to an aromatic ring is 1. The van der Waals surface area contributed by atoms with Crippen molar-refractivity contribution in [2.24, 2.45) is 13.0 Å². The lowest BCUT2D eigenvalue weighted by molar-refractivity contribution is 0.0775. The predicted molar refractivity (Wildman–Crippen MR) is 59.4 cm³/mol. The monoisotopic (exact) mass is 221 g/mol. The van der Waals surface area contributed by atoms with E-state index in [9.17, 15) is 4.79 Å². The number of hydrogen-bond acceptors (Lipinski definition) is 4. The van der Waals surface area contributed by atoms with Gasteiger partial charge in [-0.3, -0.25) is 9.48 Å². The average molecular weight is 221 g/mol. The Hall–Kier alpha value is -2.03. The molecule has 0 saturated heterocycles. The third kappa shape index (κ3) is 2.31. The molecular formula is C10H15N5O. The second-order valence-electron chi connectivity index (χ2n) is 3.79. The van der Waals surface area contributed by atoms with Crippen molar-refractivity contribution in [3.05, 3.63) is 11.9 Å². The fraction of sp³-hybridized carbons (Fsp3) is 0.500. The van der Waals surface area contributed by atoms with E-state index in [-0.39, 0.29) is 11.8 Å². The standard InChI is InChI=1S/C10H15N5O/c1-7(4-11)6-14(2)10(16)9-8(12)5-13-15(9)3/h5,7H,6,12H2,1-3H3. The highest BCUT2D eigenvalue weighted by Crippen LogP contribution is 2.12. The lowest BCUT2D eigenvalue weighted by Gasteiger charge is -2.18. The zero-order valence-electron chi connectivity index (χ0n) is 9.64. The summed E-state index contributed by atoms with van der Waals surface area (Å²) >= 11 is 0. The summed E-state index contributed by atoms with van der Waals surface area (Å²) < 4.78 is 1.44. The van der Waals surface area contributed by atoms with Crippen LogP contribution in [0.2, 0.25) is 0 Å². The van der Waals surface area contributed by atoms with Crippen molar-refractivity contribution in [3.8, 4) is 6.07 Å². The van der Waals surface area contributed by atoms with Crippen molar-refractivity contribution in [1.29, 1.82) is 5.26 Å². The molecule has 1 aromatic heterocycles. The minimum atomic E-state index is -0.223. The molecule has 0 aliphatic heterocycles.